The third-order valence-electron chi connectivity index (χ3n) is 4.49. The summed E-state index contributed by atoms with van der Waals surface area (Å²) in [6.45, 7) is 0.358. The average molecular weight is 381 g/mol. The molecule has 2 N–H and O–H groups in total. The second-order valence-corrected chi connectivity index (χ2v) is 6.84. The number of amides is 2. The van der Waals surface area contributed by atoms with Gasteiger partial charge in [0.2, 0.25) is 11.8 Å². The Morgan fingerprint density at radius 2 is 1.93 bits per heavy atom. The van der Waals surface area contributed by atoms with Crippen LogP contribution < -0.4 is 10.6 Å². The summed E-state index contributed by atoms with van der Waals surface area (Å²) in [5.74, 6) is -0.211. The van der Waals surface area contributed by atoms with E-state index in [-0.39, 0.29) is 18.2 Å². The number of nitrogens with one attached hydrogen (secondary N) is 2. The minimum atomic E-state index is -0.473. The number of fused-ring (bicyclic) bond motifs is 1. The Balaban J connectivity index is 1.48. The van der Waals surface area contributed by atoms with E-state index in [0.717, 1.165) is 11.1 Å². The fourth-order valence-electron chi connectivity index (χ4n) is 3.12. The van der Waals surface area contributed by atoms with Crippen molar-refractivity contribution in [2.75, 3.05) is 10.6 Å². The quantitative estimate of drug-likeness (QED) is 0.722. The molecule has 1 aliphatic rings. The van der Waals surface area contributed by atoms with Crippen LogP contribution in [-0.4, -0.2) is 21.6 Å². The molecule has 2 amide bonds. The number of hydrogen-bond acceptors (Lipinski definition) is 3. The number of benzene rings is 2. The van der Waals surface area contributed by atoms with Crippen LogP contribution in [0.25, 0.3) is 11.1 Å². The molecule has 1 aromatic heterocycles. The summed E-state index contributed by atoms with van der Waals surface area (Å²) in [6, 6.07) is 16.5. The molecule has 3 aromatic rings. The zero-order valence-electron chi connectivity index (χ0n) is 14.4. The van der Waals surface area contributed by atoms with E-state index in [4.69, 9.17) is 11.6 Å². The van der Waals surface area contributed by atoms with Gasteiger partial charge in [-0.1, -0.05) is 41.9 Å². The van der Waals surface area contributed by atoms with Crippen molar-refractivity contribution in [1.29, 1.82) is 0 Å². The molecule has 0 saturated carbocycles. The lowest BCUT2D eigenvalue weighted by Gasteiger charge is -2.24. The standard InChI is InChI=1S/C20H17ClN4O2/c21-15-8-6-13(7-9-15)17-11-22-25-12-14(20(27)24-19(17)25)10-18(26)23-16-4-2-1-3-5-16/h1-9,11,14H,10,12H2,(H,23,26)(H,24,27). The van der Waals surface area contributed by atoms with E-state index in [2.05, 4.69) is 15.7 Å². The van der Waals surface area contributed by atoms with Gasteiger partial charge in [-0.3, -0.25) is 9.59 Å². The van der Waals surface area contributed by atoms with Crippen LogP contribution >= 0.6 is 11.6 Å². The highest BCUT2D eigenvalue weighted by atomic mass is 35.5. The maximum atomic E-state index is 12.5. The molecule has 27 heavy (non-hydrogen) atoms. The summed E-state index contributed by atoms with van der Waals surface area (Å²) in [5, 5.41) is 10.7. The Morgan fingerprint density at radius 3 is 2.67 bits per heavy atom. The fourth-order valence-corrected chi connectivity index (χ4v) is 3.25. The Morgan fingerprint density at radius 1 is 1.19 bits per heavy atom. The van der Waals surface area contributed by atoms with Crippen LogP contribution in [0, 0.1) is 5.92 Å². The van der Waals surface area contributed by atoms with Crippen LogP contribution in [0.5, 0.6) is 0 Å². The molecule has 6 nitrogen and oxygen atoms in total. The van der Waals surface area contributed by atoms with Crippen LogP contribution in [0.3, 0.4) is 0 Å². The highest BCUT2D eigenvalue weighted by molar-refractivity contribution is 6.30. The number of anilines is 2. The molecule has 2 heterocycles. The van der Waals surface area contributed by atoms with Crippen molar-refractivity contribution in [3.63, 3.8) is 0 Å². The molecule has 0 radical (unpaired) electrons. The van der Waals surface area contributed by atoms with Crippen molar-refractivity contribution in [3.8, 4) is 11.1 Å². The highest BCUT2D eigenvalue weighted by Crippen LogP contribution is 2.32. The molecule has 0 fully saturated rings. The first-order valence-electron chi connectivity index (χ1n) is 8.57. The molecule has 0 bridgehead atoms. The lowest BCUT2D eigenvalue weighted by atomic mass is 10.0. The summed E-state index contributed by atoms with van der Waals surface area (Å²) in [6.07, 6.45) is 1.81. The van der Waals surface area contributed by atoms with Gasteiger partial charge in [0.15, 0.2) is 0 Å². The van der Waals surface area contributed by atoms with Gasteiger partial charge in [0, 0.05) is 22.7 Å². The topological polar surface area (TPSA) is 76.0 Å². The number of rotatable bonds is 4. The van der Waals surface area contributed by atoms with Gasteiger partial charge in [-0.05, 0) is 29.8 Å². The minimum absolute atomic E-state index is 0.0936. The largest absolute Gasteiger partial charge is 0.326 e. The van der Waals surface area contributed by atoms with Crippen LogP contribution in [0.15, 0.2) is 60.8 Å². The van der Waals surface area contributed by atoms with Crippen LogP contribution in [0.1, 0.15) is 6.42 Å². The molecular weight excluding hydrogens is 364 g/mol. The van der Waals surface area contributed by atoms with Crippen molar-refractivity contribution < 1.29 is 9.59 Å². The first-order valence-corrected chi connectivity index (χ1v) is 8.95. The molecular formula is C20H17ClN4O2. The summed E-state index contributed by atoms with van der Waals surface area (Å²) in [7, 11) is 0. The molecule has 0 saturated heterocycles. The van der Waals surface area contributed by atoms with Gasteiger partial charge < -0.3 is 10.6 Å². The van der Waals surface area contributed by atoms with Gasteiger partial charge in [0.25, 0.3) is 0 Å². The maximum Gasteiger partial charge on any atom is 0.231 e. The summed E-state index contributed by atoms with van der Waals surface area (Å²) in [5.41, 5.74) is 2.46. The van der Waals surface area contributed by atoms with E-state index in [1.54, 1.807) is 23.0 Å². The van der Waals surface area contributed by atoms with E-state index in [9.17, 15) is 9.59 Å². The Hall–Kier alpha value is -3.12. The zero-order chi connectivity index (χ0) is 18.8. The second kappa shape index (κ2) is 7.25. The van der Waals surface area contributed by atoms with Crippen molar-refractivity contribution in [2.45, 2.75) is 13.0 Å². The minimum Gasteiger partial charge on any atom is -0.326 e. The predicted molar refractivity (Wildman–Crippen MR) is 104 cm³/mol. The van der Waals surface area contributed by atoms with Crippen LogP contribution in [0.2, 0.25) is 5.02 Å². The smallest absolute Gasteiger partial charge is 0.231 e. The second-order valence-electron chi connectivity index (χ2n) is 6.40. The molecule has 0 spiro atoms. The van der Waals surface area contributed by atoms with Crippen LogP contribution in [-0.2, 0) is 16.1 Å². The third-order valence-corrected chi connectivity index (χ3v) is 4.74. The van der Waals surface area contributed by atoms with E-state index in [1.165, 1.54) is 0 Å². The van der Waals surface area contributed by atoms with E-state index < -0.39 is 5.92 Å². The Kier molecular flexibility index (Phi) is 4.64. The summed E-state index contributed by atoms with van der Waals surface area (Å²) >= 11 is 5.94. The van der Waals surface area contributed by atoms with E-state index >= 15 is 0 Å². The number of carbonyl (C=O) groups excluding carboxylic acids is 2. The molecule has 1 unspecified atom stereocenters. The first-order chi connectivity index (χ1) is 13.1. The van der Waals surface area contributed by atoms with E-state index in [0.29, 0.717) is 23.1 Å². The molecule has 1 atom stereocenters. The van der Waals surface area contributed by atoms with Gasteiger partial charge in [-0.25, -0.2) is 4.68 Å². The normalized spacial score (nSPS) is 15.7. The molecule has 136 valence electrons. The lowest BCUT2D eigenvalue weighted by molar-refractivity contribution is -0.125. The van der Waals surface area contributed by atoms with Gasteiger partial charge >= 0.3 is 0 Å². The number of nitrogens with zero attached hydrogens (tertiary/aromatic N) is 2. The van der Waals surface area contributed by atoms with Crippen molar-refractivity contribution in [1.82, 2.24) is 9.78 Å². The monoisotopic (exact) mass is 380 g/mol. The third kappa shape index (κ3) is 3.71. The van der Waals surface area contributed by atoms with Crippen molar-refractivity contribution in [3.05, 3.63) is 65.8 Å². The number of hydrogen-bond donors (Lipinski definition) is 2. The number of carbonyl (C=O) groups is 2. The highest BCUT2D eigenvalue weighted by Gasteiger charge is 2.30. The lowest BCUT2D eigenvalue weighted by Crippen LogP contribution is -2.36. The van der Waals surface area contributed by atoms with Gasteiger partial charge in [0.1, 0.15) is 5.82 Å². The van der Waals surface area contributed by atoms with Crippen LogP contribution in [0.4, 0.5) is 11.5 Å². The molecule has 1 aliphatic heterocycles. The van der Waals surface area contributed by atoms with Gasteiger partial charge in [-0.15, -0.1) is 0 Å². The predicted octanol–water partition coefficient (Wildman–Crippen LogP) is 3.80. The zero-order valence-corrected chi connectivity index (χ0v) is 15.1. The molecule has 2 aromatic carbocycles. The van der Waals surface area contributed by atoms with Gasteiger partial charge in [-0.2, -0.15) is 5.10 Å². The van der Waals surface area contributed by atoms with Crippen molar-refractivity contribution >= 4 is 34.9 Å². The summed E-state index contributed by atoms with van der Waals surface area (Å²) in [4.78, 5) is 24.8. The van der Waals surface area contributed by atoms with Crippen molar-refractivity contribution in [2.24, 2.45) is 5.92 Å². The fraction of sp³-hybridized carbons (Fsp3) is 0.150. The molecule has 7 heteroatoms. The summed E-state index contributed by atoms with van der Waals surface area (Å²) < 4.78 is 1.73. The number of aromatic nitrogens is 2. The van der Waals surface area contributed by atoms with E-state index in [1.807, 2.05) is 42.5 Å². The number of halogens is 1. The SMILES string of the molecule is O=C(CC1Cn2ncc(-c3ccc(Cl)cc3)c2NC1=O)Nc1ccccc1. The average Bonchev–Trinajstić information content (AvgIpc) is 3.06. The molecule has 0 aliphatic carbocycles. The Labute approximate surface area is 161 Å². The number of para-hydroxylation sites is 1. The van der Waals surface area contributed by atoms with Gasteiger partial charge in [0.05, 0.1) is 18.7 Å². The molecule has 4 rings (SSSR count). The Bertz CT molecular complexity index is 983. The first kappa shape index (κ1) is 17.3. The maximum absolute atomic E-state index is 12.5.